The van der Waals surface area contributed by atoms with Gasteiger partial charge in [-0.2, -0.15) is 4.39 Å². The molecule has 7 heteroatoms. The van der Waals surface area contributed by atoms with Crippen molar-refractivity contribution in [2.24, 2.45) is 5.92 Å². The van der Waals surface area contributed by atoms with Crippen LogP contribution in [-0.4, -0.2) is 28.0 Å². The average Bonchev–Trinajstić information content (AvgIpc) is 2.31. The van der Waals surface area contributed by atoms with E-state index in [0.717, 1.165) is 12.3 Å². The number of amides is 1. The number of carboxylic acid groups (broad SMARTS) is 1. The first-order chi connectivity index (χ1) is 8.82. The van der Waals surface area contributed by atoms with Crippen molar-refractivity contribution >= 4 is 11.9 Å². The number of carbonyl (C=O) groups is 2. The Labute approximate surface area is 108 Å². The second kappa shape index (κ2) is 6.21. The van der Waals surface area contributed by atoms with Gasteiger partial charge in [0.05, 0.1) is 5.56 Å². The van der Waals surface area contributed by atoms with Gasteiger partial charge in [0.25, 0.3) is 5.91 Å². The van der Waals surface area contributed by atoms with Crippen molar-refractivity contribution in [1.29, 1.82) is 0 Å². The molecule has 1 heterocycles. The van der Waals surface area contributed by atoms with Crippen LogP contribution in [0.1, 0.15) is 30.6 Å². The highest BCUT2D eigenvalue weighted by Gasteiger charge is 2.24. The summed E-state index contributed by atoms with van der Waals surface area (Å²) >= 11 is 0. The van der Waals surface area contributed by atoms with Gasteiger partial charge in [0.1, 0.15) is 6.04 Å². The van der Waals surface area contributed by atoms with Gasteiger partial charge in [-0.15, -0.1) is 0 Å². The van der Waals surface area contributed by atoms with E-state index < -0.39 is 35.2 Å². The monoisotopic (exact) mass is 272 g/mol. The predicted octanol–water partition coefficient (Wildman–Crippen LogP) is 1.59. The van der Waals surface area contributed by atoms with Gasteiger partial charge >= 0.3 is 5.97 Å². The lowest BCUT2D eigenvalue weighted by atomic mass is 10.0. The minimum Gasteiger partial charge on any atom is -0.480 e. The molecule has 0 saturated heterocycles. The zero-order chi connectivity index (χ0) is 14.6. The Bertz CT molecular complexity index is 492. The van der Waals surface area contributed by atoms with E-state index in [2.05, 4.69) is 10.3 Å². The molecule has 0 aliphatic carbocycles. The Morgan fingerprint density at radius 1 is 1.42 bits per heavy atom. The quantitative estimate of drug-likeness (QED) is 0.798. The van der Waals surface area contributed by atoms with Gasteiger partial charge in [0.15, 0.2) is 5.82 Å². The summed E-state index contributed by atoms with van der Waals surface area (Å²) in [4.78, 5) is 25.7. The van der Waals surface area contributed by atoms with Crippen molar-refractivity contribution in [1.82, 2.24) is 10.3 Å². The van der Waals surface area contributed by atoms with Crippen molar-refractivity contribution in [2.75, 3.05) is 0 Å². The molecule has 1 rings (SSSR count). The summed E-state index contributed by atoms with van der Waals surface area (Å²) in [6.07, 6.45) is 1.13. The number of aromatic nitrogens is 1. The number of carboxylic acids is 1. The summed E-state index contributed by atoms with van der Waals surface area (Å²) in [5.41, 5.74) is -0.567. The largest absolute Gasteiger partial charge is 0.480 e. The van der Waals surface area contributed by atoms with E-state index >= 15 is 0 Å². The maximum Gasteiger partial charge on any atom is 0.326 e. The molecule has 1 amide bonds. The molecule has 0 spiro atoms. The predicted molar refractivity (Wildman–Crippen MR) is 62.5 cm³/mol. The SMILES string of the molecule is CC(C)C[C@@H](NC(=O)c1ccnc(F)c1F)C(=O)O. The molecule has 0 unspecified atom stereocenters. The van der Waals surface area contributed by atoms with Crippen molar-refractivity contribution in [2.45, 2.75) is 26.3 Å². The molecular formula is C12H14F2N2O3. The van der Waals surface area contributed by atoms with Crippen LogP contribution < -0.4 is 5.32 Å². The van der Waals surface area contributed by atoms with Gasteiger partial charge in [0, 0.05) is 6.20 Å². The maximum absolute atomic E-state index is 13.3. The van der Waals surface area contributed by atoms with E-state index in [1.54, 1.807) is 13.8 Å². The third-order valence-electron chi connectivity index (χ3n) is 2.40. The second-order valence-corrected chi connectivity index (χ2v) is 4.46. The number of nitrogens with one attached hydrogen (secondary N) is 1. The van der Waals surface area contributed by atoms with Crippen LogP contribution in [0, 0.1) is 17.7 Å². The normalized spacial score (nSPS) is 12.3. The fraction of sp³-hybridized carbons (Fsp3) is 0.417. The summed E-state index contributed by atoms with van der Waals surface area (Å²) in [6, 6.07) is -0.162. The second-order valence-electron chi connectivity index (χ2n) is 4.46. The Hall–Kier alpha value is -2.05. The Kier molecular flexibility index (Phi) is 4.91. The smallest absolute Gasteiger partial charge is 0.326 e. The molecule has 0 aromatic carbocycles. The lowest BCUT2D eigenvalue weighted by Gasteiger charge is -2.16. The third kappa shape index (κ3) is 3.97. The highest BCUT2D eigenvalue weighted by Crippen LogP contribution is 2.11. The minimum atomic E-state index is -1.40. The van der Waals surface area contributed by atoms with E-state index in [1.807, 2.05) is 0 Å². The maximum atomic E-state index is 13.3. The van der Waals surface area contributed by atoms with Crippen LogP contribution >= 0.6 is 0 Å². The molecule has 0 fully saturated rings. The van der Waals surface area contributed by atoms with Crippen LogP contribution in [0.2, 0.25) is 0 Å². The molecule has 1 atom stereocenters. The topological polar surface area (TPSA) is 79.3 Å². The fourth-order valence-electron chi connectivity index (χ4n) is 1.52. The number of rotatable bonds is 5. The van der Waals surface area contributed by atoms with Crippen LogP contribution in [0.4, 0.5) is 8.78 Å². The zero-order valence-corrected chi connectivity index (χ0v) is 10.5. The van der Waals surface area contributed by atoms with Crippen LogP contribution in [0.25, 0.3) is 0 Å². The van der Waals surface area contributed by atoms with Crippen molar-refractivity contribution in [3.05, 3.63) is 29.6 Å². The number of nitrogens with zero attached hydrogens (tertiary/aromatic N) is 1. The van der Waals surface area contributed by atoms with E-state index in [9.17, 15) is 18.4 Å². The first-order valence-corrected chi connectivity index (χ1v) is 5.66. The minimum absolute atomic E-state index is 0.0282. The van der Waals surface area contributed by atoms with Crippen molar-refractivity contribution in [3.63, 3.8) is 0 Å². The number of hydrogen-bond acceptors (Lipinski definition) is 3. The van der Waals surface area contributed by atoms with Crippen LogP contribution in [0.15, 0.2) is 12.3 Å². The van der Waals surface area contributed by atoms with Crippen LogP contribution in [0.3, 0.4) is 0 Å². The lowest BCUT2D eigenvalue weighted by Crippen LogP contribution is -2.42. The van der Waals surface area contributed by atoms with Gasteiger partial charge < -0.3 is 10.4 Å². The van der Waals surface area contributed by atoms with Crippen molar-refractivity contribution in [3.8, 4) is 0 Å². The molecule has 0 radical (unpaired) electrons. The average molecular weight is 272 g/mol. The molecule has 0 aliphatic rings. The molecule has 5 nitrogen and oxygen atoms in total. The number of pyridine rings is 1. The summed E-state index contributed by atoms with van der Waals surface area (Å²) in [7, 11) is 0. The first kappa shape index (κ1) is 15.0. The fourth-order valence-corrected chi connectivity index (χ4v) is 1.52. The Morgan fingerprint density at radius 2 is 2.05 bits per heavy atom. The molecule has 0 saturated carbocycles. The van der Waals surface area contributed by atoms with Crippen LogP contribution in [0.5, 0.6) is 0 Å². The molecule has 19 heavy (non-hydrogen) atoms. The highest BCUT2D eigenvalue weighted by molar-refractivity contribution is 5.96. The molecular weight excluding hydrogens is 258 g/mol. The van der Waals surface area contributed by atoms with E-state index in [-0.39, 0.29) is 12.3 Å². The first-order valence-electron chi connectivity index (χ1n) is 5.66. The zero-order valence-electron chi connectivity index (χ0n) is 10.5. The van der Waals surface area contributed by atoms with E-state index in [4.69, 9.17) is 5.11 Å². The number of carbonyl (C=O) groups excluding carboxylic acids is 1. The van der Waals surface area contributed by atoms with Gasteiger partial charge in [-0.25, -0.2) is 14.2 Å². The van der Waals surface area contributed by atoms with Gasteiger partial charge in [-0.3, -0.25) is 4.79 Å². The van der Waals surface area contributed by atoms with E-state index in [0.29, 0.717) is 0 Å². The molecule has 0 bridgehead atoms. The number of aliphatic carboxylic acids is 1. The van der Waals surface area contributed by atoms with E-state index in [1.165, 1.54) is 0 Å². The van der Waals surface area contributed by atoms with Crippen molar-refractivity contribution < 1.29 is 23.5 Å². The standard InChI is InChI=1S/C12H14F2N2O3/c1-6(2)5-8(12(18)19)16-11(17)7-3-4-15-10(14)9(7)13/h3-4,6,8H,5H2,1-2H3,(H,16,17)(H,18,19)/t8-/m1/s1. The van der Waals surface area contributed by atoms with Gasteiger partial charge in [-0.1, -0.05) is 13.8 Å². The lowest BCUT2D eigenvalue weighted by molar-refractivity contribution is -0.139. The van der Waals surface area contributed by atoms with Gasteiger partial charge in [-0.05, 0) is 18.4 Å². The van der Waals surface area contributed by atoms with Gasteiger partial charge in [0.2, 0.25) is 5.95 Å². The summed E-state index contributed by atoms with van der Waals surface area (Å²) < 4.78 is 26.2. The third-order valence-corrected chi connectivity index (χ3v) is 2.40. The summed E-state index contributed by atoms with van der Waals surface area (Å²) in [5.74, 6) is -4.97. The summed E-state index contributed by atoms with van der Waals surface area (Å²) in [6.45, 7) is 3.57. The Balaban J connectivity index is 2.88. The molecule has 0 aliphatic heterocycles. The molecule has 1 aromatic rings. The number of hydrogen-bond donors (Lipinski definition) is 2. The molecule has 104 valence electrons. The number of halogens is 2. The Morgan fingerprint density at radius 3 is 2.58 bits per heavy atom. The highest BCUT2D eigenvalue weighted by atomic mass is 19.2. The summed E-state index contributed by atoms with van der Waals surface area (Å²) in [5, 5.41) is 11.1. The van der Waals surface area contributed by atoms with Crippen LogP contribution in [-0.2, 0) is 4.79 Å². The molecule has 2 N–H and O–H groups in total. The molecule has 1 aromatic heterocycles.